The molecule has 0 saturated carbocycles. The summed E-state index contributed by atoms with van der Waals surface area (Å²) in [5.41, 5.74) is -0.818. The van der Waals surface area contributed by atoms with Gasteiger partial charge < -0.3 is 10.2 Å². The van der Waals surface area contributed by atoms with Gasteiger partial charge in [-0.3, -0.25) is 0 Å². The van der Waals surface area contributed by atoms with Crippen molar-refractivity contribution in [2.45, 2.75) is 31.5 Å². The molecule has 1 saturated heterocycles. The Balaban J connectivity index is 2.21. The van der Waals surface area contributed by atoms with E-state index in [2.05, 4.69) is 10.3 Å². The molecule has 2 rings (SSSR count). The van der Waals surface area contributed by atoms with Gasteiger partial charge in [0.15, 0.2) is 0 Å². The maximum atomic E-state index is 12.7. The largest absolute Gasteiger partial charge is 0.433 e. The number of likely N-dealkylation sites (N-methyl/N-ethyl adjacent to an activating group) is 1. The number of hydrogen-bond donors (Lipinski definition) is 1. The second-order valence-electron chi connectivity index (χ2n) is 5.20. The third kappa shape index (κ3) is 3.85. The number of aromatic nitrogens is 1. The molecule has 0 aliphatic carbocycles. The van der Waals surface area contributed by atoms with Gasteiger partial charge in [0.25, 0.3) is 0 Å². The number of nitrogens with one attached hydrogen (secondary N) is 1. The Morgan fingerprint density at radius 3 is 2.76 bits per heavy atom. The monoisotopic (exact) mass is 298 g/mol. The zero-order chi connectivity index (χ0) is 15.5. The Hall–Kier alpha value is -1.81. The lowest BCUT2D eigenvalue weighted by molar-refractivity contribution is -0.141. The van der Waals surface area contributed by atoms with E-state index in [0.717, 1.165) is 31.9 Å². The Labute approximate surface area is 121 Å². The molecule has 21 heavy (non-hydrogen) atoms. The van der Waals surface area contributed by atoms with Gasteiger partial charge in [0.1, 0.15) is 17.6 Å². The minimum atomic E-state index is -4.51. The topological polar surface area (TPSA) is 52.0 Å². The van der Waals surface area contributed by atoms with Crippen molar-refractivity contribution in [2.24, 2.45) is 0 Å². The van der Waals surface area contributed by atoms with Gasteiger partial charge in [0, 0.05) is 19.6 Å². The molecule has 1 fully saturated rings. The van der Waals surface area contributed by atoms with Crippen LogP contribution in [-0.4, -0.2) is 31.2 Å². The van der Waals surface area contributed by atoms with E-state index in [1.165, 1.54) is 6.07 Å². The van der Waals surface area contributed by atoms with Crippen LogP contribution in [0.4, 0.5) is 19.0 Å². The van der Waals surface area contributed by atoms with Crippen LogP contribution in [0.3, 0.4) is 0 Å². The molecule has 1 atom stereocenters. The van der Waals surface area contributed by atoms with Crippen molar-refractivity contribution in [3.8, 4) is 6.07 Å². The summed E-state index contributed by atoms with van der Waals surface area (Å²) in [5, 5.41) is 12.4. The molecule has 1 unspecified atom stereocenters. The van der Waals surface area contributed by atoms with E-state index in [1.807, 2.05) is 6.07 Å². The summed E-state index contributed by atoms with van der Waals surface area (Å²) in [4.78, 5) is 5.25. The van der Waals surface area contributed by atoms with E-state index >= 15 is 0 Å². The molecular weight excluding hydrogens is 281 g/mol. The van der Waals surface area contributed by atoms with Crippen molar-refractivity contribution in [1.82, 2.24) is 10.3 Å². The Bertz CT molecular complexity index is 530. The molecule has 0 amide bonds. The van der Waals surface area contributed by atoms with E-state index < -0.39 is 11.9 Å². The van der Waals surface area contributed by atoms with Gasteiger partial charge in [-0.2, -0.15) is 18.4 Å². The van der Waals surface area contributed by atoms with Crippen LogP contribution < -0.4 is 10.2 Å². The zero-order valence-electron chi connectivity index (χ0n) is 11.7. The van der Waals surface area contributed by atoms with E-state index in [9.17, 15) is 13.2 Å². The van der Waals surface area contributed by atoms with E-state index in [-0.39, 0.29) is 17.4 Å². The average Bonchev–Trinajstić information content (AvgIpc) is 2.46. The summed E-state index contributed by atoms with van der Waals surface area (Å²) in [6, 6.07) is 4.13. The number of rotatable bonds is 3. The molecule has 1 N–H and O–H groups in total. The summed E-state index contributed by atoms with van der Waals surface area (Å²) in [5.74, 6) is 0.0831. The van der Waals surface area contributed by atoms with E-state index in [0.29, 0.717) is 6.54 Å². The molecule has 1 aromatic rings. The maximum Gasteiger partial charge on any atom is 0.433 e. The molecule has 0 spiro atoms. The fraction of sp³-hybridized carbons (Fsp3) is 0.571. The number of piperidine rings is 1. The van der Waals surface area contributed by atoms with E-state index in [4.69, 9.17) is 5.26 Å². The number of halogens is 3. The fourth-order valence-corrected chi connectivity index (χ4v) is 2.48. The highest BCUT2D eigenvalue weighted by molar-refractivity contribution is 5.54. The van der Waals surface area contributed by atoms with Crippen LogP contribution in [0.2, 0.25) is 0 Å². The second kappa shape index (κ2) is 6.31. The van der Waals surface area contributed by atoms with Crippen LogP contribution in [0.15, 0.2) is 12.1 Å². The standard InChI is InChI=1S/C14H17F3N4/c1-21(9-11-4-2-3-7-19-11)13-10(8-18)5-6-12(20-13)14(15,16)17/h5-6,11,19H,2-4,7,9H2,1H3. The third-order valence-corrected chi connectivity index (χ3v) is 3.55. The van der Waals surface area contributed by atoms with Crippen molar-refractivity contribution in [3.05, 3.63) is 23.4 Å². The minimum absolute atomic E-state index is 0.0831. The number of hydrogen-bond acceptors (Lipinski definition) is 4. The lowest BCUT2D eigenvalue weighted by Crippen LogP contribution is -2.43. The minimum Gasteiger partial charge on any atom is -0.357 e. The molecule has 1 aliphatic rings. The molecule has 114 valence electrons. The van der Waals surface area contributed by atoms with Crippen molar-refractivity contribution < 1.29 is 13.2 Å². The molecule has 1 aliphatic heterocycles. The molecule has 7 heteroatoms. The fourth-order valence-electron chi connectivity index (χ4n) is 2.48. The first-order chi connectivity index (χ1) is 9.91. The molecule has 2 heterocycles. The highest BCUT2D eigenvalue weighted by atomic mass is 19.4. The van der Waals surface area contributed by atoms with Crippen molar-refractivity contribution in [3.63, 3.8) is 0 Å². The summed E-state index contributed by atoms with van der Waals surface area (Å²) < 4.78 is 38.2. The summed E-state index contributed by atoms with van der Waals surface area (Å²) in [6.07, 6.45) is -1.31. The van der Waals surface area contributed by atoms with Crippen LogP contribution in [0.1, 0.15) is 30.5 Å². The van der Waals surface area contributed by atoms with Crippen molar-refractivity contribution >= 4 is 5.82 Å². The van der Waals surface area contributed by atoms with Gasteiger partial charge in [-0.05, 0) is 31.5 Å². The Kier molecular flexibility index (Phi) is 4.68. The SMILES string of the molecule is CN(CC1CCCCN1)c1nc(C(F)(F)F)ccc1C#N. The van der Waals surface area contributed by atoms with Crippen molar-refractivity contribution in [1.29, 1.82) is 5.26 Å². The molecule has 0 radical (unpaired) electrons. The third-order valence-electron chi connectivity index (χ3n) is 3.55. The molecule has 0 bridgehead atoms. The smallest absolute Gasteiger partial charge is 0.357 e. The molecular formula is C14H17F3N4. The number of alkyl halides is 3. The van der Waals surface area contributed by atoms with Crippen LogP contribution in [0.25, 0.3) is 0 Å². The number of nitrogens with zero attached hydrogens (tertiary/aromatic N) is 3. The molecule has 1 aromatic heterocycles. The van der Waals surface area contributed by atoms with Gasteiger partial charge in [-0.15, -0.1) is 0 Å². The highest BCUT2D eigenvalue weighted by Crippen LogP contribution is 2.30. The number of pyridine rings is 1. The van der Waals surface area contributed by atoms with Gasteiger partial charge in [0.05, 0.1) is 5.56 Å². The van der Waals surface area contributed by atoms with Crippen molar-refractivity contribution in [2.75, 3.05) is 25.0 Å². The quantitative estimate of drug-likeness (QED) is 0.932. The number of anilines is 1. The Morgan fingerprint density at radius 2 is 2.19 bits per heavy atom. The zero-order valence-corrected chi connectivity index (χ0v) is 11.7. The lowest BCUT2D eigenvalue weighted by Gasteiger charge is -2.29. The normalized spacial score (nSPS) is 19.1. The number of nitriles is 1. The first-order valence-corrected chi connectivity index (χ1v) is 6.84. The van der Waals surface area contributed by atoms with Gasteiger partial charge in [0.2, 0.25) is 0 Å². The van der Waals surface area contributed by atoms with E-state index in [1.54, 1.807) is 11.9 Å². The average molecular weight is 298 g/mol. The summed E-state index contributed by atoms with van der Waals surface area (Å²) in [6.45, 7) is 1.45. The van der Waals surface area contributed by atoms with Gasteiger partial charge in [-0.25, -0.2) is 4.98 Å². The summed E-state index contributed by atoms with van der Waals surface area (Å²) >= 11 is 0. The maximum absolute atomic E-state index is 12.7. The van der Waals surface area contributed by atoms with Gasteiger partial charge >= 0.3 is 6.18 Å². The first-order valence-electron chi connectivity index (χ1n) is 6.84. The first kappa shape index (κ1) is 15.6. The van der Waals surface area contributed by atoms with Gasteiger partial charge in [-0.1, -0.05) is 6.42 Å². The summed E-state index contributed by atoms with van der Waals surface area (Å²) in [7, 11) is 1.67. The predicted molar refractivity (Wildman–Crippen MR) is 72.9 cm³/mol. The lowest BCUT2D eigenvalue weighted by atomic mass is 10.0. The second-order valence-corrected chi connectivity index (χ2v) is 5.20. The van der Waals surface area contributed by atoms with Crippen LogP contribution >= 0.6 is 0 Å². The molecule has 0 aromatic carbocycles. The highest BCUT2D eigenvalue weighted by Gasteiger charge is 2.33. The Morgan fingerprint density at radius 1 is 1.43 bits per heavy atom. The molecule has 4 nitrogen and oxygen atoms in total. The van der Waals surface area contributed by atoms with Crippen LogP contribution in [-0.2, 0) is 6.18 Å². The van der Waals surface area contributed by atoms with Crippen LogP contribution in [0, 0.1) is 11.3 Å². The van der Waals surface area contributed by atoms with Crippen LogP contribution in [0.5, 0.6) is 0 Å². The predicted octanol–water partition coefficient (Wildman–Crippen LogP) is 2.55.